The lowest BCUT2D eigenvalue weighted by molar-refractivity contribution is -0.130. The third-order valence-corrected chi connectivity index (χ3v) is 5.93. The van der Waals surface area contributed by atoms with E-state index in [0.29, 0.717) is 5.56 Å². The zero-order chi connectivity index (χ0) is 22.7. The molecule has 1 fully saturated rings. The molecule has 1 aliphatic rings. The summed E-state index contributed by atoms with van der Waals surface area (Å²) in [7, 11) is 1.65. The smallest absolute Gasteiger partial charge is 0.219 e. The molecular weight excluding hydrogens is 404 g/mol. The van der Waals surface area contributed by atoms with E-state index in [1.54, 1.807) is 21.0 Å². The second kappa shape index (κ2) is 9.40. The Bertz CT molecular complexity index is 1110. The maximum atomic E-state index is 11.7. The highest BCUT2D eigenvalue weighted by atomic mass is 16.5. The van der Waals surface area contributed by atoms with Crippen molar-refractivity contribution in [2.45, 2.75) is 20.4 Å². The molecule has 1 saturated heterocycles. The van der Waals surface area contributed by atoms with Crippen molar-refractivity contribution < 1.29 is 18.7 Å². The summed E-state index contributed by atoms with van der Waals surface area (Å²) in [5.41, 5.74) is 3.63. The molecule has 0 aliphatic carbocycles. The zero-order valence-electron chi connectivity index (χ0n) is 18.8. The maximum absolute atomic E-state index is 11.7. The van der Waals surface area contributed by atoms with Crippen LogP contribution in [0.15, 0.2) is 59.0 Å². The Morgan fingerprint density at radius 1 is 0.938 bits per heavy atom. The van der Waals surface area contributed by atoms with E-state index in [1.807, 2.05) is 53.4 Å². The Balaban J connectivity index is 1.66. The van der Waals surface area contributed by atoms with Crippen LogP contribution >= 0.6 is 0 Å². The molecule has 3 aromatic rings. The molecule has 2 heterocycles. The highest BCUT2D eigenvalue weighted by Crippen LogP contribution is 2.35. The Hall–Kier alpha value is -3.38. The van der Waals surface area contributed by atoms with E-state index in [9.17, 15) is 9.59 Å². The third-order valence-electron chi connectivity index (χ3n) is 5.93. The number of amides is 1. The number of rotatable bonds is 6. The van der Waals surface area contributed by atoms with Crippen LogP contribution in [0.3, 0.4) is 0 Å². The van der Waals surface area contributed by atoms with Crippen molar-refractivity contribution in [3.8, 4) is 28.4 Å². The molecule has 166 valence electrons. The van der Waals surface area contributed by atoms with Gasteiger partial charge in [0.2, 0.25) is 5.91 Å². The van der Waals surface area contributed by atoms with Gasteiger partial charge in [0.25, 0.3) is 0 Å². The SMILES string of the molecule is COc1cccc(-c2cc(CN3CCN(C(C)=O)CC3)c(-c3ccc(C(C)=O)cc3)o2)c1. The van der Waals surface area contributed by atoms with Crippen LogP contribution in [-0.4, -0.2) is 54.8 Å². The van der Waals surface area contributed by atoms with Crippen LogP contribution in [0.1, 0.15) is 29.8 Å². The molecule has 6 nitrogen and oxygen atoms in total. The predicted octanol–water partition coefficient (Wildman–Crippen LogP) is 4.49. The molecular formula is C26H28N2O4. The van der Waals surface area contributed by atoms with Crippen molar-refractivity contribution in [1.29, 1.82) is 0 Å². The molecule has 4 rings (SSSR count). The fourth-order valence-corrected chi connectivity index (χ4v) is 4.03. The third kappa shape index (κ3) is 4.75. The fraction of sp³-hybridized carbons (Fsp3) is 0.308. The quantitative estimate of drug-likeness (QED) is 0.537. The average molecular weight is 433 g/mol. The molecule has 32 heavy (non-hydrogen) atoms. The van der Waals surface area contributed by atoms with Gasteiger partial charge in [-0.1, -0.05) is 36.4 Å². The van der Waals surface area contributed by atoms with E-state index in [-0.39, 0.29) is 11.7 Å². The Morgan fingerprint density at radius 2 is 1.66 bits per heavy atom. The van der Waals surface area contributed by atoms with Crippen LogP contribution in [0.5, 0.6) is 5.75 Å². The molecule has 1 aliphatic heterocycles. The van der Waals surface area contributed by atoms with Crippen molar-refractivity contribution in [3.05, 3.63) is 65.7 Å². The summed E-state index contributed by atoms with van der Waals surface area (Å²) in [6, 6.07) is 17.4. The Labute approximate surface area is 188 Å². The highest BCUT2D eigenvalue weighted by Gasteiger charge is 2.22. The largest absolute Gasteiger partial charge is 0.497 e. The standard InChI is InChI=1S/C26H28N2O4/c1-18(29)20-7-9-21(10-8-20)26-23(17-27-11-13-28(14-12-27)19(2)30)16-25(32-26)22-5-4-6-24(15-22)31-3/h4-10,15-16H,11-14,17H2,1-3H3. The van der Waals surface area contributed by atoms with E-state index in [1.165, 1.54) is 0 Å². The number of carbonyl (C=O) groups is 2. The highest BCUT2D eigenvalue weighted by molar-refractivity contribution is 5.94. The molecule has 2 aromatic carbocycles. The second-order valence-corrected chi connectivity index (χ2v) is 8.11. The molecule has 0 N–H and O–H groups in total. The second-order valence-electron chi connectivity index (χ2n) is 8.11. The first-order valence-electron chi connectivity index (χ1n) is 10.8. The fourth-order valence-electron chi connectivity index (χ4n) is 4.03. The normalized spacial score (nSPS) is 14.4. The summed E-state index contributed by atoms with van der Waals surface area (Å²) in [4.78, 5) is 27.6. The van der Waals surface area contributed by atoms with Crippen molar-refractivity contribution in [2.24, 2.45) is 0 Å². The number of piperazine rings is 1. The lowest BCUT2D eigenvalue weighted by atomic mass is 10.0. The van der Waals surface area contributed by atoms with Crippen molar-refractivity contribution in [1.82, 2.24) is 9.80 Å². The minimum Gasteiger partial charge on any atom is -0.497 e. The van der Waals surface area contributed by atoms with Crippen LogP contribution in [0.2, 0.25) is 0 Å². The number of hydrogen-bond donors (Lipinski definition) is 0. The number of furan rings is 1. The van der Waals surface area contributed by atoms with Crippen molar-refractivity contribution in [3.63, 3.8) is 0 Å². The molecule has 0 saturated carbocycles. The molecule has 0 unspecified atom stereocenters. The summed E-state index contributed by atoms with van der Waals surface area (Å²) in [5.74, 6) is 2.50. The van der Waals surface area contributed by atoms with Gasteiger partial charge in [0.15, 0.2) is 5.78 Å². The summed E-state index contributed by atoms with van der Waals surface area (Å²) in [5, 5.41) is 0. The van der Waals surface area contributed by atoms with Crippen molar-refractivity contribution in [2.75, 3.05) is 33.3 Å². The topological polar surface area (TPSA) is 63.0 Å². The number of ketones is 1. The van der Waals surface area contributed by atoms with Crippen LogP contribution in [0.25, 0.3) is 22.6 Å². The average Bonchev–Trinajstić information content (AvgIpc) is 3.23. The van der Waals surface area contributed by atoms with Crippen LogP contribution in [0.4, 0.5) is 0 Å². The van der Waals surface area contributed by atoms with Crippen molar-refractivity contribution >= 4 is 11.7 Å². The van der Waals surface area contributed by atoms with Gasteiger partial charge in [0.1, 0.15) is 17.3 Å². The van der Waals surface area contributed by atoms with Gasteiger partial charge in [0, 0.05) is 61.9 Å². The maximum Gasteiger partial charge on any atom is 0.219 e. The van der Waals surface area contributed by atoms with Crippen LogP contribution in [0, 0.1) is 0 Å². The van der Waals surface area contributed by atoms with Gasteiger partial charge in [-0.2, -0.15) is 0 Å². The number of methoxy groups -OCH3 is 1. The zero-order valence-corrected chi connectivity index (χ0v) is 18.8. The minimum absolute atomic E-state index is 0.0385. The van der Waals surface area contributed by atoms with Gasteiger partial charge in [-0.25, -0.2) is 0 Å². The molecule has 0 atom stereocenters. The molecule has 6 heteroatoms. The molecule has 0 bridgehead atoms. The number of benzene rings is 2. The first-order chi connectivity index (χ1) is 15.4. The summed E-state index contributed by atoms with van der Waals surface area (Å²) in [6.07, 6.45) is 0. The lowest BCUT2D eigenvalue weighted by Gasteiger charge is -2.34. The van der Waals surface area contributed by atoms with Gasteiger partial charge in [-0.05, 0) is 25.1 Å². The number of Topliss-reactive ketones (excluding diaryl/α,β-unsaturated/α-hetero) is 1. The first-order valence-corrected chi connectivity index (χ1v) is 10.8. The monoisotopic (exact) mass is 432 g/mol. The first kappa shape index (κ1) is 21.8. The van der Waals surface area contributed by atoms with Gasteiger partial charge < -0.3 is 14.1 Å². The van der Waals surface area contributed by atoms with Crippen LogP contribution < -0.4 is 4.74 Å². The van der Waals surface area contributed by atoms with E-state index < -0.39 is 0 Å². The number of ether oxygens (including phenoxy) is 1. The lowest BCUT2D eigenvalue weighted by Crippen LogP contribution is -2.47. The Kier molecular flexibility index (Phi) is 6.42. The van der Waals surface area contributed by atoms with E-state index in [4.69, 9.17) is 9.15 Å². The van der Waals surface area contributed by atoms with Gasteiger partial charge in [-0.3, -0.25) is 14.5 Å². The molecule has 0 spiro atoms. The predicted molar refractivity (Wildman–Crippen MR) is 124 cm³/mol. The minimum atomic E-state index is 0.0385. The van der Waals surface area contributed by atoms with Gasteiger partial charge in [-0.15, -0.1) is 0 Å². The molecule has 1 amide bonds. The summed E-state index contributed by atoms with van der Waals surface area (Å²) >= 11 is 0. The molecule has 1 aromatic heterocycles. The number of nitrogens with zero attached hydrogens (tertiary/aromatic N) is 2. The van der Waals surface area contributed by atoms with E-state index in [0.717, 1.165) is 66.7 Å². The van der Waals surface area contributed by atoms with Gasteiger partial charge >= 0.3 is 0 Å². The number of carbonyl (C=O) groups excluding carboxylic acids is 2. The molecule has 0 radical (unpaired) electrons. The number of hydrogen-bond acceptors (Lipinski definition) is 5. The Morgan fingerprint density at radius 3 is 2.28 bits per heavy atom. The summed E-state index contributed by atoms with van der Waals surface area (Å²) < 4.78 is 11.7. The van der Waals surface area contributed by atoms with Gasteiger partial charge in [0.05, 0.1) is 7.11 Å². The summed E-state index contributed by atoms with van der Waals surface area (Å²) in [6.45, 7) is 7.02. The van der Waals surface area contributed by atoms with E-state index >= 15 is 0 Å². The van der Waals surface area contributed by atoms with Crippen LogP contribution in [-0.2, 0) is 11.3 Å². The van der Waals surface area contributed by atoms with E-state index in [2.05, 4.69) is 11.0 Å².